The zero-order chi connectivity index (χ0) is 14.4. The Labute approximate surface area is 119 Å². The van der Waals surface area contributed by atoms with E-state index in [1.807, 2.05) is 43.5 Å². The highest BCUT2D eigenvalue weighted by Crippen LogP contribution is 2.30. The Morgan fingerprint density at radius 1 is 1.30 bits per heavy atom. The zero-order valence-corrected chi connectivity index (χ0v) is 12.0. The lowest BCUT2D eigenvalue weighted by atomic mass is 10.0. The van der Waals surface area contributed by atoms with E-state index in [-0.39, 0.29) is 12.1 Å². The third-order valence-corrected chi connectivity index (χ3v) is 3.32. The molecule has 0 fully saturated rings. The van der Waals surface area contributed by atoms with Crippen LogP contribution in [0.25, 0.3) is 0 Å². The average molecular weight is 274 g/mol. The first-order valence-electron chi connectivity index (χ1n) is 6.95. The molecule has 1 aromatic heterocycles. The molecule has 20 heavy (non-hydrogen) atoms. The molecule has 2 unspecified atom stereocenters. The summed E-state index contributed by atoms with van der Waals surface area (Å²) >= 11 is 0. The van der Waals surface area contributed by atoms with E-state index in [1.165, 1.54) is 0 Å². The fourth-order valence-electron chi connectivity index (χ4n) is 2.37. The maximum absolute atomic E-state index is 5.91. The molecule has 108 valence electrons. The molecule has 0 radical (unpaired) electrons. The van der Waals surface area contributed by atoms with Gasteiger partial charge in [-0.2, -0.15) is 0 Å². The number of rotatable bonds is 7. The standard InChI is InChI=1S/C15H22N4O/c1-3-19-11-10-17-15(19)13(18-16)14(20-4-2)12-8-6-5-7-9-12/h5-11,13-14,18H,3-4,16H2,1-2H3. The van der Waals surface area contributed by atoms with Crippen molar-refractivity contribution in [3.8, 4) is 0 Å². The minimum Gasteiger partial charge on any atom is -0.372 e. The Kier molecular flexibility index (Phi) is 5.29. The molecular weight excluding hydrogens is 252 g/mol. The summed E-state index contributed by atoms with van der Waals surface area (Å²) in [5, 5.41) is 0. The van der Waals surface area contributed by atoms with Crippen LogP contribution in [0.4, 0.5) is 0 Å². The predicted molar refractivity (Wildman–Crippen MR) is 78.8 cm³/mol. The van der Waals surface area contributed by atoms with Crippen molar-refractivity contribution in [1.29, 1.82) is 0 Å². The lowest BCUT2D eigenvalue weighted by molar-refractivity contribution is 0.0294. The van der Waals surface area contributed by atoms with Gasteiger partial charge >= 0.3 is 0 Å². The van der Waals surface area contributed by atoms with E-state index in [0.717, 1.165) is 17.9 Å². The second-order valence-electron chi connectivity index (χ2n) is 4.50. The van der Waals surface area contributed by atoms with Crippen molar-refractivity contribution in [2.24, 2.45) is 5.84 Å². The highest BCUT2D eigenvalue weighted by Gasteiger charge is 2.27. The Hall–Kier alpha value is -1.69. The van der Waals surface area contributed by atoms with Gasteiger partial charge in [-0.25, -0.2) is 10.4 Å². The Bertz CT molecular complexity index is 512. The van der Waals surface area contributed by atoms with Crippen molar-refractivity contribution < 1.29 is 4.74 Å². The topological polar surface area (TPSA) is 65.1 Å². The number of aromatic nitrogens is 2. The number of ether oxygens (including phenoxy) is 1. The van der Waals surface area contributed by atoms with Gasteiger partial charge in [0.1, 0.15) is 18.0 Å². The summed E-state index contributed by atoms with van der Waals surface area (Å²) in [6, 6.07) is 9.90. The average Bonchev–Trinajstić information content (AvgIpc) is 2.96. The summed E-state index contributed by atoms with van der Waals surface area (Å²) in [4.78, 5) is 4.43. The van der Waals surface area contributed by atoms with Crippen molar-refractivity contribution in [3.05, 3.63) is 54.1 Å². The number of benzene rings is 1. The molecular formula is C15H22N4O. The molecule has 0 bridgehead atoms. The lowest BCUT2D eigenvalue weighted by Crippen LogP contribution is -2.35. The fourth-order valence-corrected chi connectivity index (χ4v) is 2.37. The van der Waals surface area contributed by atoms with Crippen molar-refractivity contribution in [3.63, 3.8) is 0 Å². The van der Waals surface area contributed by atoms with Crippen LogP contribution in [0.5, 0.6) is 0 Å². The molecule has 2 aromatic rings. The summed E-state index contributed by atoms with van der Waals surface area (Å²) < 4.78 is 7.98. The largest absolute Gasteiger partial charge is 0.372 e. The van der Waals surface area contributed by atoms with Gasteiger partial charge in [-0.15, -0.1) is 0 Å². The van der Waals surface area contributed by atoms with Crippen LogP contribution in [0, 0.1) is 0 Å². The Morgan fingerprint density at radius 2 is 2.05 bits per heavy atom. The van der Waals surface area contributed by atoms with E-state index >= 15 is 0 Å². The van der Waals surface area contributed by atoms with E-state index in [9.17, 15) is 0 Å². The second-order valence-corrected chi connectivity index (χ2v) is 4.50. The highest BCUT2D eigenvalue weighted by atomic mass is 16.5. The molecule has 5 heteroatoms. The van der Waals surface area contributed by atoms with E-state index in [4.69, 9.17) is 10.6 Å². The number of nitrogens with two attached hydrogens (primary N) is 1. The predicted octanol–water partition coefficient (Wildman–Crippen LogP) is 2.19. The van der Waals surface area contributed by atoms with Crippen LogP contribution in [-0.2, 0) is 11.3 Å². The van der Waals surface area contributed by atoms with Gasteiger partial charge in [-0.3, -0.25) is 5.84 Å². The van der Waals surface area contributed by atoms with E-state index in [1.54, 1.807) is 6.20 Å². The number of nitrogens with one attached hydrogen (secondary N) is 1. The number of aryl methyl sites for hydroxylation is 1. The molecule has 1 aromatic carbocycles. The molecule has 1 heterocycles. The van der Waals surface area contributed by atoms with E-state index in [2.05, 4.69) is 21.9 Å². The number of hydrogen-bond acceptors (Lipinski definition) is 4. The second kappa shape index (κ2) is 7.19. The summed E-state index contributed by atoms with van der Waals surface area (Å²) in [5.41, 5.74) is 3.94. The number of hydrogen-bond donors (Lipinski definition) is 2. The first kappa shape index (κ1) is 14.7. The van der Waals surface area contributed by atoms with Gasteiger partial charge in [0.25, 0.3) is 0 Å². The molecule has 3 N–H and O–H groups in total. The maximum Gasteiger partial charge on any atom is 0.130 e. The summed E-state index contributed by atoms with van der Waals surface area (Å²) in [6.07, 6.45) is 3.57. The van der Waals surface area contributed by atoms with Gasteiger partial charge in [0.05, 0.1) is 0 Å². The van der Waals surface area contributed by atoms with Crippen LogP contribution < -0.4 is 11.3 Å². The van der Waals surface area contributed by atoms with Crippen molar-refractivity contribution in [1.82, 2.24) is 15.0 Å². The molecule has 2 rings (SSSR count). The Morgan fingerprint density at radius 3 is 2.65 bits per heavy atom. The molecule has 0 saturated heterocycles. The van der Waals surface area contributed by atoms with Crippen LogP contribution in [-0.4, -0.2) is 16.2 Å². The van der Waals surface area contributed by atoms with Crippen LogP contribution >= 0.6 is 0 Å². The maximum atomic E-state index is 5.91. The minimum absolute atomic E-state index is 0.168. The molecule has 0 aliphatic heterocycles. The molecule has 0 aliphatic rings. The van der Waals surface area contributed by atoms with Gasteiger partial charge in [0, 0.05) is 25.5 Å². The summed E-state index contributed by atoms with van der Waals surface area (Å²) in [6.45, 7) is 5.53. The van der Waals surface area contributed by atoms with Crippen LogP contribution in [0.3, 0.4) is 0 Å². The number of hydrazine groups is 1. The summed E-state index contributed by atoms with van der Waals surface area (Å²) in [5.74, 6) is 6.66. The first-order valence-corrected chi connectivity index (χ1v) is 6.95. The van der Waals surface area contributed by atoms with Crippen LogP contribution in [0.15, 0.2) is 42.7 Å². The lowest BCUT2D eigenvalue weighted by Gasteiger charge is -2.27. The normalized spacial score (nSPS) is 14.2. The van der Waals surface area contributed by atoms with Gasteiger partial charge in [0.2, 0.25) is 0 Å². The highest BCUT2D eigenvalue weighted by molar-refractivity contribution is 5.21. The van der Waals surface area contributed by atoms with Gasteiger partial charge in [0.15, 0.2) is 0 Å². The van der Waals surface area contributed by atoms with Crippen LogP contribution in [0.1, 0.15) is 37.4 Å². The van der Waals surface area contributed by atoms with Crippen molar-refractivity contribution >= 4 is 0 Å². The molecule has 2 atom stereocenters. The van der Waals surface area contributed by atoms with Crippen molar-refractivity contribution in [2.45, 2.75) is 32.5 Å². The molecule has 0 aliphatic carbocycles. The third-order valence-electron chi connectivity index (χ3n) is 3.32. The monoisotopic (exact) mass is 274 g/mol. The number of imidazole rings is 1. The van der Waals surface area contributed by atoms with Crippen molar-refractivity contribution in [2.75, 3.05) is 6.61 Å². The molecule has 5 nitrogen and oxygen atoms in total. The summed E-state index contributed by atoms with van der Waals surface area (Å²) in [7, 11) is 0. The first-order chi connectivity index (χ1) is 9.81. The van der Waals surface area contributed by atoms with Gasteiger partial charge in [-0.05, 0) is 19.4 Å². The molecule has 0 saturated carbocycles. The Balaban J connectivity index is 2.35. The molecule has 0 spiro atoms. The van der Waals surface area contributed by atoms with Gasteiger partial charge < -0.3 is 9.30 Å². The SMILES string of the molecule is CCOC(c1ccccc1)C(NN)c1nccn1CC. The smallest absolute Gasteiger partial charge is 0.130 e. The third kappa shape index (κ3) is 3.07. The fraction of sp³-hybridized carbons (Fsp3) is 0.400. The van der Waals surface area contributed by atoms with E-state index in [0.29, 0.717) is 6.61 Å². The molecule has 0 amide bonds. The van der Waals surface area contributed by atoms with Crippen LogP contribution in [0.2, 0.25) is 0 Å². The quantitative estimate of drug-likeness (QED) is 0.600. The van der Waals surface area contributed by atoms with E-state index < -0.39 is 0 Å². The zero-order valence-electron chi connectivity index (χ0n) is 12.0. The minimum atomic E-state index is -0.188. The number of nitrogens with zero attached hydrogens (tertiary/aromatic N) is 2. The van der Waals surface area contributed by atoms with Gasteiger partial charge in [-0.1, -0.05) is 30.3 Å².